The van der Waals surface area contributed by atoms with Crippen LogP contribution in [0.4, 0.5) is 13.2 Å². The Hall–Kier alpha value is -0.210. The molecule has 0 heterocycles. The van der Waals surface area contributed by atoms with Crippen LogP contribution in [0.3, 0.4) is 0 Å². The third kappa shape index (κ3) is 4.62. The van der Waals surface area contributed by atoms with Crippen LogP contribution in [0.2, 0.25) is 0 Å². The first-order chi connectivity index (χ1) is 5.47. The molecular weight excluding hydrogens is 165 g/mol. The van der Waals surface area contributed by atoms with Crippen molar-refractivity contribution < 1.29 is 13.2 Å². The molecule has 3 heteroatoms. The predicted octanol–water partition coefficient (Wildman–Crippen LogP) is 4.01. The minimum absolute atomic E-state index is 0.0741. The summed E-state index contributed by atoms with van der Waals surface area (Å²) in [6.07, 6.45) is -2.98. The van der Waals surface area contributed by atoms with Crippen molar-refractivity contribution in [3.05, 3.63) is 0 Å². The molecule has 1 aliphatic carbocycles. The van der Waals surface area contributed by atoms with Crippen LogP contribution >= 0.6 is 0 Å². The molecule has 0 nitrogen and oxygen atoms in total. The Balaban J connectivity index is 0.000000561. The van der Waals surface area contributed by atoms with Gasteiger partial charge in [0.05, 0.1) is 0 Å². The predicted molar refractivity (Wildman–Crippen MR) is 43.9 cm³/mol. The highest BCUT2D eigenvalue weighted by atomic mass is 19.4. The maximum absolute atomic E-state index is 11.7. The Morgan fingerprint density at radius 3 is 1.83 bits per heavy atom. The number of alkyl halides is 3. The van der Waals surface area contributed by atoms with Gasteiger partial charge in [-0.2, -0.15) is 13.2 Å². The average molecular weight is 182 g/mol. The maximum atomic E-state index is 11.7. The largest absolute Gasteiger partial charge is 0.389 e. The zero-order valence-corrected chi connectivity index (χ0v) is 7.91. The summed E-state index contributed by atoms with van der Waals surface area (Å²) in [7, 11) is 0. The van der Waals surface area contributed by atoms with Gasteiger partial charge in [0.1, 0.15) is 0 Å². The van der Waals surface area contributed by atoms with E-state index in [9.17, 15) is 13.2 Å². The lowest BCUT2D eigenvalue weighted by molar-refractivity contribution is -0.152. The molecule has 0 aromatic heterocycles. The smallest absolute Gasteiger partial charge is 0.171 e. The first kappa shape index (κ1) is 11.8. The average Bonchev–Trinajstić information content (AvgIpc) is 1.86. The summed E-state index contributed by atoms with van der Waals surface area (Å²) in [5, 5.41) is 0. The van der Waals surface area contributed by atoms with Gasteiger partial charge in [-0.1, -0.05) is 20.8 Å². The van der Waals surface area contributed by atoms with Gasteiger partial charge in [0.15, 0.2) is 0 Å². The number of hydrogen-bond donors (Lipinski definition) is 0. The topological polar surface area (TPSA) is 0 Å². The third-order valence-electron chi connectivity index (χ3n) is 1.99. The molecule has 0 radical (unpaired) electrons. The van der Waals surface area contributed by atoms with Crippen molar-refractivity contribution in [2.24, 2.45) is 11.8 Å². The van der Waals surface area contributed by atoms with E-state index < -0.39 is 12.6 Å². The molecule has 0 amide bonds. The highest BCUT2D eigenvalue weighted by Gasteiger charge is 2.36. The summed E-state index contributed by atoms with van der Waals surface area (Å²) in [4.78, 5) is 0. The van der Waals surface area contributed by atoms with Crippen LogP contribution in [0.15, 0.2) is 0 Å². The Bertz CT molecular complexity index is 111. The summed E-state index contributed by atoms with van der Waals surface area (Å²) < 4.78 is 35.0. The van der Waals surface area contributed by atoms with Crippen molar-refractivity contribution >= 4 is 0 Å². The second-order valence-electron chi connectivity index (χ2n) is 3.26. The van der Waals surface area contributed by atoms with E-state index in [1.54, 1.807) is 0 Å². The van der Waals surface area contributed by atoms with Crippen LogP contribution in [0.5, 0.6) is 0 Å². The van der Waals surface area contributed by atoms with E-state index in [2.05, 4.69) is 0 Å². The highest BCUT2D eigenvalue weighted by Crippen LogP contribution is 2.40. The molecule has 1 saturated carbocycles. The summed E-state index contributed by atoms with van der Waals surface area (Å²) in [6, 6.07) is 0. The van der Waals surface area contributed by atoms with Gasteiger partial charge in [0.25, 0.3) is 0 Å². The standard InChI is InChI=1S/C7H11F3.C2H6/c1-5-2-6(3-5)4-7(8,9)10;1-2/h5-6H,2-4H2,1H3;1-2H3. The van der Waals surface area contributed by atoms with Gasteiger partial charge < -0.3 is 0 Å². The van der Waals surface area contributed by atoms with Crippen LogP contribution in [0.25, 0.3) is 0 Å². The van der Waals surface area contributed by atoms with Crippen LogP contribution in [0, 0.1) is 11.8 Å². The molecule has 0 atom stereocenters. The summed E-state index contributed by atoms with van der Waals surface area (Å²) in [5.74, 6) is 0.447. The molecule has 0 spiro atoms. The minimum Gasteiger partial charge on any atom is -0.171 e. The number of hydrogen-bond acceptors (Lipinski definition) is 0. The monoisotopic (exact) mass is 182 g/mol. The van der Waals surface area contributed by atoms with Gasteiger partial charge in [-0.15, -0.1) is 0 Å². The van der Waals surface area contributed by atoms with Crippen molar-refractivity contribution in [3.63, 3.8) is 0 Å². The maximum Gasteiger partial charge on any atom is 0.389 e. The molecule has 0 N–H and O–H groups in total. The number of rotatable bonds is 1. The van der Waals surface area contributed by atoms with E-state index in [1.165, 1.54) is 0 Å². The molecule has 0 saturated heterocycles. The van der Waals surface area contributed by atoms with Gasteiger partial charge in [0.2, 0.25) is 0 Å². The summed E-state index contributed by atoms with van der Waals surface area (Å²) >= 11 is 0. The first-order valence-corrected chi connectivity index (χ1v) is 4.54. The molecule has 1 fully saturated rings. The summed E-state index contributed by atoms with van der Waals surface area (Å²) in [5.41, 5.74) is 0. The Labute approximate surface area is 72.2 Å². The van der Waals surface area contributed by atoms with Gasteiger partial charge in [-0.3, -0.25) is 0 Å². The third-order valence-corrected chi connectivity index (χ3v) is 1.99. The fraction of sp³-hybridized carbons (Fsp3) is 1.00. The van der Waals surface area contributed by atoms with E-state index in [0.717, 1.165) is 12.8 Å². The van der Waals surface area contributed by atoms with Crippen LogP contribution in [-0.2, 0) is 0 Å². The van der Waals surface area contributed by atoms with E-state index in [1.807, 2.05) is 20.8 Å². The van der Waals surface area contributed by atoms with E-state index in [4.69, 9.17) is 0 Å². The Morgan fingerprint density at radius 2 is 1.58 bits per heavy atom. The van der Waals surface area contributed by atoms with Crippen molar-refractivity contribution in [1.29, 1.82) is 0 Å². The zero-order valence-electron chi connectivity index (χ0n) is 7.91. The van der Waals surface area contributed by atoms with Gasteiger partial charge in [-0.05, 0) is 24.7 Å². The van der Waals surface area contributed by atoms with Crippen LogP contribution < -0.4 is 0 Å². The molecule has 1 rings (SSSR count). The lowest BCUT2D eigenvalue weighted by Gasteiger charge is -2.33. The quantitative estimate of drug-likeness (QED) is 0.574. The fourth-order valence-electron chi connectivity index (χ4n) is 1.56. The lowest BCUT2D eigenvalue weighted by Crippen LogP contribution is -2.26. The molecule has 0 aromatic carbocycles. The lowest BCUT2D eigenvalue weighted by atomic mass is 9.74. The van der Waals surface area contributed by atoms with E-state index in [-0.39, 0.29) is 5.92 Å². The molecule has 74 valence electrons. The van der Waals surface area contributed by atoms with Crippen molar-refractivity contribution in [1.82, 2.24) is 0 Å². The van der Waals surface area contributed by atoms with Crippen molar-refractivity contribution in [3.8, 4) is 0 Å². The zero-order chi connectivity index (χ0) is 9.78. The van der Waals surface area contributed by atoms with Crippen LogP contribution in [-0.4, -0.2) is 6.18 Å². The molecule has 0 unspecified atom stereocenters. The minimum atomic E-state index is -3.94. The number of halogens is 3. The molecule has 0 aromatic rings. The second-order valence-corrected chi connectivity index (χ2v) is 3.26. The highest BCUT2D eigenvalue weighted by molar-refractivity contribution is 4.78. The summed E-state index contributed by atoms with van der Waals surface area (Å²) in [6.45, 7) is 5.99. The fourth-order valence-corrected chi connectivity index (χ4v) is 1.56. The van der Waals surface area contributed by atoms with E-state index >= 15 is 0 Å². The second kappa shape index (κ2) is 4.73. The van der Waals surface area contributed by atoms with E-state index in [0.29, 0.717) is 5.92 Å². The SMILES string of the molecule is CC.CC1CC(CC(F)(F)F)C1. The normalized spacial score (nSPS) is 28.5. The molecule has 0 aliphatic heterocycles. The Kier molecular flexibility index (Phi) is 4.64. The van der Waals surface area contributed by atoms with Gasteiger partial charge >= 0.3 is 6.18 Å². The van der Waals surface area contributed by atoms with Gasteiger partial charge in [0, 0.05) is 6.42 Å². The molecule has 1 aliphatic rings. The van der Waals surface area contributed by atoms with Crippen molar-refractivity contribution in [2.45, 2.75) is 46.2 Å². The molecule has 12 heavy (non-hydrogen) atoms. The van der Waals surface area contributed by atoms with Crippen LogP contribution in [0.1, 0.15) is 40.0 Å². The molecule has 0 bridgehead atoms. The Morgan fingerprint density at radius 1 is 1.17 bits per heavy atom. The van der Waals surface area contributed by atoms with Crippen molar-refractivity contribution in [2.75, 3.05) is 0 Å². The van der Waals surface area contributed by atoms with Gasteiger partial charge in [-0.25, -0.2) is 0 Å². The first-order valence-electron chi connectivity index (χ1n) is 4.54. The molecular formula is C9H17F3.